The van der Waals surface area contributed by atoms with Crippen LogP contribution in [0.15, 0.2) is 42.5 Å². The van der Waals surface area contributed by atoms with Crippen molar-refractivity contribution in [3.8, 4) is 17.2 Å². The van der Waals surface area contributed by atoms with Crippen LogP contribution in [0.3, 0.4) is 0 Å². The third-order valence-corrected chi connectivity index (χ3v) is 5.21. The van der Waals surface area contributed by atoms with Gasteiger partial charge in [-0.15, -0.1) is 0 Å². The van der Waals surface area contributed by atoms with Crippen molar-refractivity contribution in [2.75, 3.05) is 27.0 Å². The highest BCUT2D eigenvalue weighted by atomic mass is 16.7. The molecule has 1 amide bonds. The normalized spacial score (nSPS) is 18.2. The van der Waals surface area contributed by atoms with Crippen molar-refractivity contribution in [2.24, 2.45) is 0 Å². The average Bonchev–Trinajstić information content (AvgIpc) is 3.35. The Morgan fingerprint density at radius 3 is 2.92 bits per heavy atom. The van der Waals surface area contributed by atoms with Gasteiger partial charge in [0, 0.05) is 25.4 Å². The predicted octanol–water partition coefficient (Wildman–Crippen LogP) is 3.37. The van der Waals surface area contributed by atoms with Crippen LogP contribution >= 0.6 is 0 Å². The van der Waals surface area contributed by atoms with Crippen LogP contribution in [0.2, 0.25) is 0 Å². The number of nitrogens with zero attached hydrogens (tertiary/aromatic N) is 1. The van der Waals surface area contributed by atoms with E-state index in [0.29, 0.717) is 18.8 Å². The number of ether oxygens (including phenoxy) is 3. The fourth-order valence-electron chi connectivity index (χ4n) is 3.74. The smallest absolute Gasteiger partial charge is 0.231 e. The van der Waals surface area contributed by atoms with Gasteiger partial charge in [-0.1, -0.05) is 24.3 Å². The minimum Gasteiger partial charge on any atom is -0.496 e. The topological polar surface area (TPSA) is 48.0 Å². The Morgan fingerprint density at radius 1 is 1.19 bits per heavy atom. The number of aryl methyl sites for hydroxylation is 1. The molecule has 26 heavy (non-hydrogen) atoms. The minimum atomic E-state index is 0.208. The maximum Gasteiger partial charge on any atom is 0.231 e. The monoisotopic (exact) mass is 353 g/mol. The summed E-state index contributed by atoms with van der Waals surface area (Å²) in [5.74, 6) is 3.03. The molecular weight excluding hydrogens is 330 g/mol. The number of hydrogen-bond donors (Lipinski definition) is 0. The van der Waals surface area contributed by atoms with Crippen LogP contribution in [0.1, 0.15) is 29.9 Å². The Morgan fingerprint density at radius 2 is 2.04 bits per heavy atom. The van der Waals surface area contributed by atoms with E-state index in [-0.39, 0.29) is 12.7 Å². The van der Waals surface area contributed by atoms with Crippen LogP contribution < -0.4 is 14.2 Å². The first-order valence-electron chi connectivity index (χ1n) is 9.04. The molecule has 0 aliphatic carbocycles. The molecule has 0 radical (unpaired) electrons. The van der Waals surface area contributed by atoms with Crippen LogP contribution in [0.5, 0.6) is 17.2 Å². The van der Waals surface area contributed by atoms with Crippen LogP contribution in [0.4, 0.5) is 0 Å². The maximum atomic E-state index is 12.6. The van der Waals surface area contributed by atoms with Gasteiger partial charge in [-0.05, 0) is 42.2 Å². The fraction of sp³-hybridized carbons (Fsp3) is 0.381. The first kappa shape index (κ1) is 16.8. The van der Waals surface area contributed by atoms with Crippen molar-refractivity contribution < 1.29 is 19.0 Å². The average molecular weight is 353 g/mol. The van der Waals surface area contributed by atoms with Gasteiger partial charge in [-0.25, -0.2) is 0 Å². The standard InChI is InChI=1S/C21H23NO4/c1-24-18-5-3-2-4-15(18)7-9-21(23)22-11-10-17(13-22)16-6-8-19-20(12-16)26-14-25-19/h2-6,8,12,17H,7,9-11,13-14H2,1H3. The van der Waals surface area contributed by atoms with Gasteiger partial charge < -0.3 is 19.1 Å². The van der Waals surface area contributed by atoms with Gasteiger partial charge in [-0.3, -0.25) is 4.79 Å². The minimum absolute atomic E-state index is 0.208. The Bertz CT molecular complexity index is 804. The lowest BCUT2D eigenvalue weighted by atomic mass is 9.98. The van der Waals surface area contributed by atoms with Crippen LogP contribution in [-0.2, 0) is 11.2 Å². The van der Waals surface area contributed by atoms with E-state index in [4.69, 9.17) is 14.2 Å². The van der Waals surface area contributed by atoms with E-state index in [2.05, 4.69) is 12.1 Å². The van der Waals surface area contributed by atoms with E-state index in [0.717, 1.165) is 42.3 Å². The molecule has 136 valence electrons. The highest BCUT2D eigenvalue weighted by Crippen LogP contribution is 2.37. The first-order valence-corrected chi connectivity index (χ1v) is 9.04. The second kappa shape index (κ2) is 7.28. The van der Waals surface area contributed by atoms with Gasteiger partial charge in [-0.2, -0.15) is 0 Å². The Kier molecular flexibility index (Phi) is 4.69. The van der Waals surface area contributed by atoms with E-state index >= 15 is 0 Å². The first-order chi connectivity index (χ1) is 12.7. The summed E-state index contributed by atoms with van der Waals surface area (Å²) < 4.78 is 16.2. The molecule has 2 aliphatic heterocycles. The summed E-state index contributed by atoms with van der Waals surface area (Å²) in [7, 11) is 1.66. The number of carbonyl (C=O) groups excluding carboxylic acids is 1. The molecule has 2 aliphatic rings. The number of fused-ring (bicyclic) bond motifs is 1. The van der Waals surface area contributed by atoms with Gasteiger partial charge in [0.05, 0.1) is 7.11 Å². The number of methoxy groups -OCH3 is 1. The summed E-state index contributed by atoms with van der Waals surface area (Å²) in [6, 6.07) is 14.0. The summed E-state index contributed by atoms with van der Waals surface area (Å²) >= 11 is 0. The van der Waals surface area contributed by atoms with Crippen LogP contribution in [0.25, 0.3) is 0 Å². The van der Waals surface area contributed by atoms with E-state index in [1.807, 2.05) is 35.2 Å². The van der Waals surface area contributed by atoms with Crippen molar-refractivity contribution in [1.29, 1.82) is 0 Å². The number of likely N-dealkylation sites (tertiary alicyclic amines) is 1. The second-order valence-corrected chi connectivity index (χ2v) is 6.75. The van der Waals surface area contributed by atoms with Crippen molar-refractivity contribution >= 4 is 5.91 Å². The highest BCUT2D eigenvalue weighted by Gasteiger charge is 2.28. The van der Waals surface area contributed by atoms with Gasteiger partial charge in [0.2, 0.25) is 12.7 Å². The van der Waals surface area contributed by atoms with Crippen molar-refractivity contribution in [3.05, 3.63) is 53.6 Å². The van der Waals surface area contributed by atoms with Crippen LogP contribution in [0, 0.1) is 0 Å². The molecule has 5 heteroatoms. The number of amides is 1. The second-order valence-electron chi connectivity index (χ2n) is 6.75. The Labute approximate surface area is 153 Å². The van der Waals surface area contributed by atoms with E-state index in [9.17, 15) is 4.79 Å². The molecule has 0 bridgehead atoms. The molecule has 5 nitrogen and oxygen atoms in total. The summed E-state index contributed by atoms with van der Waals surface area (Å²) in [5, 5.41) is 0. The molecule has 2 aromatic carbocycles. The van der Waals surface area contributed by atoms with Gasteiger partial charge in [0.15, 0.2) is 11.5 Å². The van der Waals surface area contributed by atoms with Gasteiger partial charge in [0.1, 0.15) is 5.75 Å². The van der Waals surface area contributed by atoms with Crippen molar-refractivity contribution in [3.63, 3.8) is 0 Å². The third kappa shape index (κ3) is 3.34. The summed E-state index contributed by atoms with van der Waals surface area (Å²) in [6.45, 7) is 1.87. The molecule has 0 N–H and O–H groups in total. The molecule has 1 unspecified atom stereocenters. The summed E-state index contributed by atoms with van der Waals surface area (Å²) in [5.41, 5.74) is 2.30. The lowest BCUT2D eigenvalue weighted by molar-refractivity contribution is -0.130. The van der Waals surface area contributed by atoms with Crippen molar-refractivity contribution in [1.82, 2.24) is 4.90 Å². The zero-order valence-corrected chi connectivity index (χ0v) is 14.9. The number of rotatable bonds is 5. The predicted molar refractivity (Wildman–Crippen MR) is 97.8 cm³/mol. The molecule has 0 aromatic heterocycles. The lowest BCUT2D eigenvalue weighted by Crippen LogP contribution is -2.28. The van der Waals surface area contributed by atoms with E-state index in [1.54, 1.807) is 7.11 Å². The largest absolute Gasteiger partial charge is 0.496 e. The van der Waals surface area contributed by atoms with E-state index in [1.165, 1.54) is 5.56 Å². The van der Waals surface area contributed by atoms with Crippen LogP contribution in [-0.4, -0.2) is 37.8 Å². The summed E-state index contributed by atoms with van der Waals surface area (Å²) in [4.78, 5) is 14.6. The highest BCUT2D eigenvalue weighted by molar-refractivity contribution is 5.77. The number of benzene rings is 2. The molecule has 0 saturated carbocycles. The molecule has 4 rings (SSSR count). The Balaban J connectivity index is 1.35. The summed E-state index contributed by atoms with van der Waals surface area (Å²) in [6.07, 6.45) is 2.20. The fourth-order valence-corrected chi connectivity index (χ4v) is 3.74. The molecule has 2 heterocycles. The van der Waals surface area contributed by atoms with Gasteiger partial charge >= 0.3 is 0 Å². The number of carbonyl (C=O) groups is 1. The molecule has 2 aromatic rings. The molecule has 1 atom stereocenters. The molecular formula is C21H23NO4. The van der Waals surface area contributed by atoms with Crippen molar-refractivity contribution in [2.45, 2.75) is 25.2 Å². The molecule has 1 fully saturated rings. The third-order valence-electron chi connectivity index (χ3n) is 5.21. The number of para-hydroxylation sites is 1. The van der Waals surface area contributed by atoms with Gasteiger partial charge in [0.25, 0.3) is 0 Å². The zero-order chi connectivity index (χ0) is 17.9. The maximum absolute atomic E-state index is 12.6. The quantitative estimate of drug-likeness (QED) is 0.827. The SMILES string of the molecule is COc1ccccc1CCC(=O)N1CCC(c2ccc3c(c2)OCO3)C1. The number of hydrogen-bond acceptors (Lipinski definition) is 4. The molecule has 1 saturated heterocycles. The lowest BCUT2D eigenvalue weighted by Gasteiger charge is -2.17. The van der Waals surface area contributed by atoms with E-state index < -0.39 is 0 Å². The zero-order valence-electron chi connectivity index (χ0n) is 14.9. The Hall–Kier alpha value is -2.69. The molecule has 0 spiro atoms.